The van der Waals surface area contributed by atoms with Gasteiger partial charge in [-0.15, -0.1) is 12.3 Å². The molecule has 15 heavy (non-hydrogen) atoms. The number of methoxy groups -OCH3 is 1. The van der Waals surface area contributed by atoms with E-state index in [9.17, 15) is 4.79 Å². The van der Waals surface area contributed by atoms with E-state index in [4.69, 9.17) is 11.2 Å². The lowest BCUT2D eigenvalue weighted by Gasteiger charge is -2.02. The quantitative estimate of drug-likeness (QED) is 0.411. The minimum atomic E-state index is -0.530. The maximum Gasteiger partial charge on any atom is 0.358 e. The highest BCUT2D eigenvalue weighted by Gasteiger charge is 2.07. The molecule has 0 fully saturated rings. The zero-order valence-corrected chi connectivity index (χ0v) is 8.27. The van der Waals surface area contributed by atoms with Crippen molar-refractivity contribution in [2.75, 3.05) is 13.7 Å². The number of nitrogens with zero attached hydrogens (tertiary/aromatic N) is 2. The Kier molecular flexibility index (Phi) is 4.10. The number of aromatic nitrogens is 2. The summed E-state index contributed by atoms with van der Waals surface area (Å²) in [6.45, 7) is 0.378. The van der Waals surface area contributed by atoms with Crippen molar-refractivity contribution in [2.45, 2.75) is 6.42 Å². The molecule has 1 heterocycles. The third-order valence-electron chi connectivity index (χ3n) is 1.52. The summed E-state index contributed by atoms with van der Waals surface area (Å²) in [6, 6.07) is 0. The van der Waals surface area contributed by atoms with Gasteiger partial charge in [0, 0.05) is 6.42 Å². The summed E-state index contributed by atoms with van der Waals surface area (Å²) in [5.74, 6) is 2.23. The number of terminal acetylenes is 1. The molecule has 0 bridgehead atoms. The van der Waals surface area contributed by atoms with Crippen LogP contribution in [-0.2, 0) is 4.74 Å². The third-order valence-corrected chi connectivity index (χ3v) is 1.52. The van der Waals surface area contributed by atoms with Crippen LogP contribution in [0.15, 0.2) is 12.4 Å². The van der Waals surface area contributed by atoms with Crippen LogP contribution in [0.3, 0.4) is 0 Å². The molecule has 0 spiro atoms. The number of hydrogen-bond donors (Lipinski definition) is 0. The summed E-state index contributed by atoms with van der Waals surface area (Å²) in [6.07, 6.45) is 8.19. The molecule has 0 radical (unpaired) electrons. The van der Waals surface area contributed by atoms with Gasteiger partial charge in [0.25, 0.3) is 0 Å². The van der Waals surface area contributed by atoms with Crippen LogP contribution in [0.25, 0.3) is 0 Å². The SMILES string of the molecule is C#CCCOc1cnc(C(=O)OC)cn1. The molecule has 0 saturated heterocycles. The second kappa shape index (κ2) is 5.60. The van der Waals surface area contributed by atoms with Crippen LogP contribution in [0.5, 0.6) is 5.88 Å². The zero-order chi connectivity index (χ0) is 11.1. The molecule has 0 unspecified atom stereocenters. The van der Waals surface area contributed by atoms with Gasteiger partial charge in [-0.3, -0.25) is 0 Å². The van der Waals surface area contributed by atoms with Crippen LogP contribution in [0, 0.1) is 12.3 Å². The molecule has 0 aliphatic heterocycles. The van der Waals surface area contributed by atoms with E-state index in [0.717, 1.165) is 0 Å². The highest BCUT2D eigenvalue weighted by molar-refractivity contribution is 5.86. The van der Waals surface area contributed by atoms with E-state index >= 15 is 0 Å². The molecule has 5 heteroatoms. The Morgan fingerprint density at radius 2 is 2.33 bits per heavy atom. The molecular weight excluding hydrogens is 196 g/mol. The predicted octanol–water partition coefficient (Wildman–Crippen LogP) is 0.665. The van der Waals surface area contributed by atoms with Crippen LogP contribution in [0.4, 0.5) is 0 Å². The van der Waals surface area contributed by atoms with Gasteiger partial charge in [-0.25, -0.2) is 14.8 Å². The van der Waals surface area contributed by atoms with Crippen molar-refractivity contribution in [1.29, 1.82) is 0 Å². The number of hydrogen-bond acceptors (Lipinski definition) is 5. The lowest BCUT2D eigenvalue weighted by molar-refractivity contribution is 0.0593. The Hall–Kier alpha value is -2.09. The first-order chi connectivity index (χ1) is 7.27. The van der Waals surface area contributed by atoms with Crippen molar-refractivity contribution in [3.05, 3.63) is 18.1 Å². The van der Waals surface area contributed by atoms with Gasteiger partial charge in [0.2, 0.25) is 5.88 Å². The highest BCUT2D eigenvalue weighted by atomic mass is 16.5. The molecule has 0 aliphatic rings. The van der Waals surface area contributed by atoms with Gasteiger partial charge in [0.15, 0.2) is 5.69 Å². The summed E-state index contributed by atoms with van der Waals surface area (Å²) in [5.41, 5.74) is 0.141. The standard InChI is InChI=1S/C10H10N2O3/c1-3-4-5-15-9-7-11-8(6-12-9)10(13)14-2/h1,6-7H,4-5H2,2H3. The average molecular weight is 206 g/mol. The van der Waals surface area contributed by atoms with Crippen molar-refractivity contribution in [3.8, 4) is 18.2 Å². The van der Waals surface area contributed by atoms with E-state index in [1.54, 1.807) is 0 Å². The first kappa shape index (κ1) is 11.0. The monoisotopic (exact) mass is 206 g/mol. The molecule has 0 N–H and O–H groups in total. The maximum absolute atomic E-state index is 11.0. The Morgan fingerprint density at radius 3 is 2.87 bits per heavy atom. The Bertz CT molecular complexity index is 367. The molecule has 0 amide bonds. The van der Waals surface area contributed by atoms with E-state index in [1.807, 2.05) is 0 Å². The minimum absolute atomic E-state index is 0.141. The molecule has 1 rings (SSSR count). The lowest BCUT2D eigenvalue weighted by Crippen LogP contribution is -2.06. The summed E-state index contributed by atoms with van der Waals surface area (Å²) >= 11 is 0. The summed E-state index contributed by atoms with van der Waals surface area (Å²) in [4.78, 5) is 18.7. The first-order valence-electron chi connectivity index (χ1n) is 4.24. The second-order valence-electron chi connectivity index (χ2n) is 2.53. The topological polar surface area (TPSA) is 61.3 Å². The van der Waals surface area contributed by atoms with Gasteiger partial charge < -0.3 is 9.47 Å². The molecular formula is C10H10N2O3. The van der Waals surface area contributed by atoms with E-state index in [-0.39, 0.29) is 5.69 Å². The van der Waals surface area contributed by atoms with Gasteiger partial charge in [0.1, 0.15) is 6.61 Å². The van der Waals surface area contributed by atoms with Gasteiger partial charge in [0.05, 0.1) is 19.5 Å². The predicted molar refractivity (Wildman–Crippen MR) is 52.3 cm³/mol. The molecule has 1 aromatic rings. The number of carbonyl (C=O) groups excluding carboxylic acids is 1. The molecule has 5 nitrogen and oxygen atoms in total. The molecule has 0 saturated carbocycles. The van der Waals surface area contributed by atoms with Crippen LogP contribution >= 0.6 is 0 Å². The number of ether oxygens (including phenoxy) is 2. The van der Waals surface area contributed by atoms with E-state index in [2.05, 4.69) is 20.6 Å². The van der Waals surface area contributed by atoms with Crippen molar-refractivity contribution >= 4 is 5.97 Å². The smallest absolute Gasteiger partial charge is 0.358 e. The average Bonchev–Trinajstić information content (AvgIpc) is 2.29. The van der Waals surface area contributed by atoms with Gasteiger partial charge in [-0.1, -0.05) is 0 Å². The lowest BCUT2D eigenvalue weighted by atomic mass is 10.4. The minimum Gasteiger partial charge on any atom is -0.476 e. The van der Waals surface area contributed by atoms with Gasteiger partial charge >= 0.3 is 5.97 Å². The largest absolute Gasteiger partial charge is 0.476 e. The maximum atomic E-state index is 11.0. The van der Waals surface area contributed by atoms with Gasteiger partial charge in [-0.05, 0) is 0 Å². The van der Waals surface area contributed by atoms with Crippen molar-refractivity contribution in [2.24, 2.45) is 0 Å². The Morgan fingerprint density at radius 1 is 1.53 bits per heavy atom. The highest BCUT2D eigenvalue weighted by Crippen LogP contribution is 2.04. The number of rotatable bonds is 4. The van der Waals surface area contributed by atoms with Crippen molar-refractivity contribution in [1.82, 2.24) is 9.97 Å². The van der Waals surface area contributed by atoms with Crippen LogP contribution in [0.2, 0.25) is 0 Å². The Balaban J connectivity index is 2.57. The third kappa shape index (κ3) is 3.27. The normalized spacial score (nSPS) is 9.07. The van der Waals surface area contributed by atoms with Crippen molar-refractivity contribution < 1.29 is 14.3 Å². The zero-order valence-electron chi connectivity index (χ0n) is 8.27. The van der Waals surface area contributed by atoms with Crippen LogP contribution < -0.4 is 4.74 Å². The summed E-state index contributed by atoms with van der Waals surface area (Å²) < 4.78 is 9.61. The second-order valence-corrected chi connectivity index (χ2v) is 2.53. The molecule has 0 aliphatic carbocycles. The summed E-state index contributed by atoms with van der Waals surface area (Å²) in [7, 11) is 1.28. The molecule has 0 atom stereocenters. The molecule has 78 valence electrons. The fourth-order valence-electron chi connectivity index (χ4n) is 0.815. The number of esters is 1. The Labute approximate surface area is 87.4 Å². The van der Waals surface area contributed by atoms with Crippen LogP contribution in [-0.4, -0.2) is 29.7 Å². The van der Waals surface area contributed by atoms with Gasteiger partial charge in [-0.2, -0.15) is 0 Å². The molecule has 1 aromatic heterocycles. The van der Waals surface area contributed by atoms with Crippen LogP contribution in [0.1, 0.15) is 16.9 Å². The van der Waals surface area contributed by atoms with E-state index in [0.29, 0.717) is 18.9 Å². The number of carbonyl (C=O) groups is 1. The summed E-state index contributed by atoms with van der Waals surface area (Å²) in [5, 5.41) is 0. The van der Waals surface area contributed by atoms with E-state index in [1.165, 1.54) is 19.5 Å². The van der Waals surface area contributed by atoms with Crippen molar-refractivity contribution in [3.63, 3.8) is 0 Å². The van der Waals surface area contributed by atoms with E-state index < -0.39 is 5.97 Å². The fourth-order valence-corrected chi connectivity index (χ4v) is 0.815. The molecule has 0 aromatic carbocycles. The first-order valence-corrected chi connectivity index (χ1v) is 4.24. The fraction of sp³-hybridized carbons (Fsp3) is 0.300.